The Morgan fingerprint density at radius 3 is 2.79 bits per heavy atom. The van der Waals surface area contributed by atoms with E-state index in [0.717, 1.165) is 27.7 Å². The second-order valence-corrected chi connectivity index (χ2v) is 7.50. The average molecular weight is 399 g/mol. The summed E-state index contributed by atoms with van der Waals surface area (Å²) in [6.45, 7) is 0.676. The molecule has 0 saturated heterocycles. The summed E-state index contributed by atoms with van der Waals surface area (Å²) in [5.41, 5.74) is 4.62. The van der Waals surface area contributed by atoms with Crippen molar-refractivity contribution in [3.8, 4) is 11.3 Å². The standard InChI is InChI=1S/C22H17N5OS/c28-21(16-8-6-15(7-9-16)13-27-11-3-10-24-27)26-22-25-20(14-29-22)18-12-23-19-5-2-1-4-17(18)19/h1-12,14,23H,13H2,(H,25,26,28). The van der Waals surface area contributed by atoms with Crippen LogP contribution in [0.15, 0.2) is 78.6 Å². The maximum absolute atomic E-state index is 12.6. The SMILES string of the molecule is O=C(Nc1nc(-c2c[nH]c3ccccc23)cs1)c1ccc(Cn2cccn2)cc1. The molecule has 0 unspecified atom stereocenters. The van der Waals surface area contributed by atoms with E-state index >= 15 is 0 Å². The fourth-order valence-electron chi connectivity index (χ4n) is 3.25. The topological polar surface area (TPSA) is 75.6 Å². The number of para-hydroxylation sites is 1. The fraction of sp³-hybridized carbons (Fsp3) is 0.0455. The van der Waals surface area contributed by atoms with Gasteiger partial charge in [-0.2, -0.15) is 5.10 Å². The number of rotatable bonds is 5. The highest BCUT2D eigenvalue weighted by Crippen LogP contribution is 2.31. The molecule has 29 heavy (non-hydrogen) atoms. The molecular formula is C22H17N5OS. The predicted molar refractivity (Wildman–Crippen MR) is 115 cm³/mol. The van der Waals surface area contributed by atoms with E-state index in [2.05, 4.69) is 26.4 Å². The van der Waals surface area contributed by atoms with Crippen LogP contribution in [0.4, 0.5) is 5.13 Å². The number of aromatic amines is 1. The van der Waals surface area contributed by atoms with E-state index in [0.29, 0.717) is 17.2 Å². The number of nitrogens with one attached hydrogen (secondary N) is 2. The molecule has 0 radical (unpaired) electrons. The zero-order valence-electron chi connectivity index (χ0n) is 15.4. The number of hydrogen-bond acceptors (Lipinski definition) is 4. The van der Waals surface area contributed by atoms with Gasteiger partial charge in [-0.15, -0.1) is 11.3 Å². The number of benzene rings is 2. The summed E-state index contributed by atoms with van der Waals surface area (Å²) in [7, 11) is 0. The van der Waals surface area contributed by atoms with Crippen molar-refractivity contribution in [1.29, 1.82) is 0 Å². The van der Waals surface area contributed by atoms with Crippen molar-refractivity contribution >= 4 is 33.3 Å². The maximum atomic E-state index is 12.6. The molecular weight excluding hydrogens is 382 g/mol. The fourth-order valence-corrected chi connectivity index (χ4v) is 3.96. The van der Waals surface area contributed by atoms with Crippen molar-refractivity contribution < 1.29 is 4.79 Å². The van der Waals surface area contributed by atoms with Gasteiger partial charge in [0.1, 0.15) is 0 Å². The van der Waals surface area contributed by atoms with E-state index < -0.39 is 0 Å². The minimum Gasteiger partial charge on any atom is -0.360 e. The van der Waals surface area contributed by atoms with E-state index in [1.807, 2.05) is 71.0 Å². The predicted octanol–water partition coefficient (Wildman–Crippen LogP) is 4.79. The highest BCUT2D eigenvalue weighted by molar-refractivity contribution is 7.14. The van der Waals surface area contributed by atoms with Gasteiger partial charge >= 0.3 is 0 Å². The van der Waals surface area contributed by atoms with Gasteiger partial charge in [-0.25, -0.2) is 4.98 Å². The summed E-state index contributed by atoms with van der Waals surface area (Å²) < 4.78 is 1.84. The van der Waals surface area contributed by atoms with Crippen molar-refractivity contribution in [2.45, 2.75) is 6.54 Å². The van der Waals surface area contributed by atoms with E-state index in [9.17, 15) is 4.79 Å². The number of nitrogens with zero attached hydrogens (tertiary/aromatic N) is 3. The van der Waals surface area contributed by atoms with Crippen LogP contribution in [0.25, 0.3) is 22.2 Å². The van der Waals surface area contributed by atoms with E-state index in [-0.39, 0.29) is 5.91 Å². The van der Waals surface area contributed by atoms with Gasteiger partial charge in [0.2, 0.25) is 0 Å². The van der Waals surface area contributed by atoms with Crippen LogP contribution >= 0.6 is 11.3 Å². The molecule has 6 nitrogen and oxygen atoms in total. The van der Waals surface area contributed by atoms with E-state index in [4.69, 9.17) is 0 Å². The molecule has 7 heteroatoms. The van der Waals surface area contributed by atoms with Crippen LogP contribution < -0.4 is 5.32 Å². The minimum atomic E-state index is -0.171. The first-order chi connectivity index (χ1) is 14.3. The summed E-state index contributed by atoms with van der Waals surface area (Å²) >= 11 is 1.42. The molecule has 5 rings (SSSR count). The zero-order chi connectivity index (χ0) is 19.6. The van der Waals surface area contributed by atoms with Crippen molar-refractivity contribution in [2.24, 2.45) is 0 Å². The molecule has 0 saturated carbocycles. The number of anilines is 1. The lowest BCUT2D eigenvalue weighted by molar-refractivity contribution is 0.102. The Kier molecular flexibility index (Phi) is 4.42. The largest absolute Gasteiger partial charge is 0.360 e. The number of hydrogen-bond donors (Lipinski definition) is 2. The van der Waals surface area contributed by atoms with Gasteiger partial charge in [0.15, 0.2) is 5.13 Å². The molecule has 0 aliphatic heterocycles. The first-order valence-electron chi connectivity index (χ1n) is 9.16. The van der Waals surface area contributed by atoms with E-state index in [1.165, 1.54) is 11.3 Å². The second kappa shape index (κ2) is 7.37. The molecule has 0 bridgehead atoms. The molecule has 0 aliphatic carbocycles. The molecule has 0 aliphatic rings. The number of H-pyrrole nitrogens is 1. The number of carbonyl (C=O) groups excluding carboxylic acids is 1. The molecule has 142 valence electrons. The van der Waals surface area contributed by atoms with Crippen molar-refractivity contribution in [3.05, 3.63) is 89.7 Å². The van der Waals surface area contributed by atoms with Gasteiger partial charge in [0.25, 0.3) is 5.91 Å². The van der Waals surface area contributed by atoms with Crippen LogP contribution in [0.2, 0.25) is 0 Å². The molecule has 0 atom stereocenters. The molecule has 3 aromatic heterocycles. The van der Waals surface area contributed by atoms with Crippen LogP contribution in [-0.2, 0) is 6.54 Å². The van der Waals surface area contributed by atoms with Crippen LogP contribution in [0.1, 0.15) is 15.9 Å². The van der Waals surface area contributed by atoms with Crippen molar-refractivity contribution in [2.75, 3.05) is 5.32 Å². The van der Waals surface area contributed by atoms with Crippen LogP contribution in [-0.4, -0.2) is 25.7 Å². The minimum absolute atomic E-state index is 0.171. The number of thiazole rings is 1. The number of aromatic nitrogens is 4. The highest BCUT2D eigenvalue weighted by Gasteiger charge is 2.12. The van der Waals surface area contributed by atoms with Crippen LogP contribution in [0.3, 0.4) is 0 Å². The zero-order valence-corrected chi connectivity index (χ0v) is 16.2. The lowest BCUT2D eigenvalue weighted by atomic mass is 10.1. The van der Waals surface area contributed by atoms with Gasteiger partial charge in [-0.1, -0.05) is 30.3 Å². The Hall–Kier alpha value is -3.71. The maximum Gasteiger partial charge on any atom is 0.257 e. The first kappa shape index (κ1) is 17.4. The summed E-state index contributed by atoms with van der Waals surface area (Å²) in [5.74, 6) is -0.171. The Morgan fingerprint density at radius 2 is 1.97 bits per heavy atom. The quantitative estimate of drug-likeness (QED) is 0.446. The lowest BCUT2D eigenvalue weighted by Crippen LogP contribution is -2.11. The molecule has 3 heterocycles. The average Bonchev–Trinajstić information content (AvgIpc) is 3.49. The molecule has 1 amide bonds. The van der Waals surface area contributed by atoms with Crippen LogP contribution in [0, 0.1) is 0 Å². The Balaban J connectivity index is 1.30. The normalized spacial score (nSPS) is 11.0. The summed E-state index contributed by atoms with van der Waals surface area (Å²) in [6, 6.07) is 17.5. The third-order valence-corrected chi connectivity index (χ3v) is 5.47. The second-order valence-electron chi connectivity index (χ2n) is 6.64. The van der Waals surface area contributed by atoms with Gasteiger partial charge in [-0.3, -0.25) is 14.8 Å². The first-order valence-corrected chi connectivity index (χ1v) is 10.0. The smallest absolute Gasteiger partial charge is 0.257 e. The van der Waals surface area contributed by atoms with Gasteiger partial charge < -0.3 is 4.98 Å². The number of fused-ring (bicyclic) bond motifs is 1. The Bertz CT molecular complexity index is 1270. The third-order valence-electron chi connectivity index (χ3n) is 4.71. The van der Waals surface area contributed by atoms with Crippen molar-refractivity contribution in [1.82, 2.24) is 19.7 Å². The lowest BCUT2D eigenvalue weighted by Gasteiger charge is -2.05. The molecule has 0 spiro atoms. The summed E-state index contributed by atoms with van der Waals surface area (Å²) in [4.78, 5) is 20.4. The molecule has 2 aromatic carbocycles. The number of amides is 1. The monoisotopic (exact) mass is 399 g/mol. The molecule has 0 fully saturated rings. The summed E-state index contributed by atoms with van der Waals surface area (Å²) in [6.07, 6.45) is 5.61. The van der Waals surface area contributed by atoms with E-state index in [1.54, 1.807) is 6.20 Å². The third kappa shape index (κ3) is 3.55. The highest BCUT2D eigenvalue weighted by atomic mass is 32.1. The van der Waals surface area contributed by atoms with Gasteiger partial charge in [0, 0.05) is 46.0 Å². The Labute approximate surface area is 170 Å². The molecule has 5 aromatic rings. The van der Waals surface area contributed by atoms with Gasteiger partial charge in [0.05, 0.1) is 12.2 Å². The van der Waals surface area contributed by atoms with Crippen molar-refractivity contribution in [3.63, 3.8) is 0 Å². The number of carbonyl (C=O) groups is 1. The van der Waals surface area contributed by atoms with Crippen LogP contribution in [0.5, 0.6) is 0 Å². The Morgan fingerprint density at radius 1 is 1.10 bits per heavy atom. The molecule has 2 N–H and O–H groups in total. The van der Waals surface area contributed by atoms with Gasteiger partial charge in [-0.05, 0) is 29.8 Å². The summed E-state index contributed by atoms with van der Waals surface area (Å²) in [5, 5.41) is 10.7.